The SMILES string of the molecule is C1=CC(CCC2C=Cc3ccccc32)c2ccccc21.CN.CN.CN.CN.CN.CN. The summed E-state index contributed by atoms with van der Waals surface area (Å²) in [7, 11) is 9.00. The van der Waals surface area contributed by atoms with Gasteiger partial charge in [-0.15, -0.1) is 0 Å². The van der Waals surface area contributed by atoms with Gasteiger partial charge in [-0.2, -0.15) is 0 Å². The molecule has 0 saturated heterocycles. The molecule has 32 heavy (non-hydrogen) atoms. The fourth-order valence-electron chi connectivity index (χ4n) is 3.51. The molecular weight excluding hydrogens is 396 g/mol. The molecule has 2 unspecified atom stereocenters. The maximum atomic E-state index is 4.50. The van der Waals surface area contributed by atoms with Gasteiger partial charge in [0.25, 0.3) is 0 Å². The lowest BCUT2D eigenvalue weighted by atomic mass is 9.89. The standard InChI is InChI=1S/C20H18.6CH5N/c1-3-7-19-15(5-1)9-11-17(19)13-14-18-12-10-16-6-2-4-8-20(16)18;6*1-2/h1-12,17-18H,13-14H2;6*2H2,1H3. The Kier molecular flexibility index (Phi) is 26.7. The van der Waals surface area contributed by atoms with Crippen LogP contribution in [0.25, 0.3) is 12.2 Å². The van der Waals surface area contributed by atoms with E-state index in [2.05, 4.69) is 107 Å². The van der Waals surface area contributed by atoms with Gasteiger partial charge in [-0.3, -0.25) is 0 Å². The minimum Gasteiger partial charge on any atom is -0.333 e. The van der Waals surface area contributed by atoms with Crippen LogP contribution in [0.4, 0.5) is 0 Å². The fraction of sp³-hybridized carbons (Fsp3) is 0.385. The molecule has 2 aromatic rings. The van der Waals surface area contributed by atoms with Crippen LogP contribution < -0.4 is 34.4 Å². The summed E-state index contributed by atoms with van der Waals surface area (Å²) in [6, 6.07) is 17.6. The second kappa shape index (κ2) is 24.9. The molecule has 0 aliphatic heterocycles. The van der Waals surface area contributed by atoms with E-state index in [0.717, 1.165) is 0 Å². The molecule has 182 valence electrons. The number of rotatable bonds is 3. The number of fused-ring (bicyclic) bond motifs is 2. The Morgan fingerprint density at radius 2 is 0.750 bits per heavy atom. The number of benzene rings is 2. The zero-order valence-corrected chi connectivity index (χ0v) is 21.0. The summed E-state index contributed by atoms with van der Waals surface area (Å²) in [6.07, 6.45) is 11.8. The highest BCUT2D eigenvalue weighted by atomic mass is 14.4. The third-order valence-electron chi connectivity index (χ3n) is 4.60. The molecule has 0 radical (unpaired) electrons. The first-order chi connectivity index (χ1) is 15.9. The van der Waals surface area contributed by atoms with Crippen molar-refractivity contribution in [2.24, 2.45) is 34.4 Å². The molecule has 0 saturated carbocycles. The van der Waals surface area contributed by atoms with Gasteiger partial charge in [0, 0.05) is 11.8 Å². The van der Waals surface area contributed by atoms with Crippen LogP contribution in [-0.4, -0.2) is 42.3 Å². The average Bonchev–Trinajstić information content (AvgIpc) is 3.54. The largest absolute Gasteiger partial charge is 0.333 e. The van der Waals surface area contributed by atoms with Crippen LogP contribution >= 0.6 is 0 Å². The van der Waals surface area contributed by atoms with Gasteiger partial charge < -0.3 is 34.4 Å². The number of nitrogens with two attached hydrogens (primary N) is 6. The van der Waals surface area contributed by atoms with Gasteiger partial charge in [-0.05, 0) is 77.4 Å². The molecule has 6 heteroatoms. The van der Waals surface area contributed by atoms with Gasteiger partial charge >= 0.3 is 0 Å². The highest BCUT2D eigenvalue weighted by molar-refractivity contribution is 5.63. The highest BCUT2D eigenvalue weighted by Crippen LogP contribution is 2.38. The van der Waals surface area contributed by atoms with Crippen molar-refractivity contribution in [2.45, 2.75) is 24.7 Å². The third kappa shape index (κ3) is 10.8. The smallest absolute Gasteiger partial charge is 0.00275 e. The van der Waals surface area contributed by atoms with E-state index < -0.39 is 0 Å². The minimum atomic E-state index is 0.604. The van der Waals surface area contributed by atoms with Crippen LogP contribution in [0.3, 0.4) is 0 Å². The van der Waals surface area contributed by atoms with Gasteiger partial charge in [0.15, 0.2) is 0 Å². The zero-order valence-electron chi connectivity index (χ0n) is 21.0. The molecule has 0 spiro atoms. The lowest BCUT2D eigenvalue weighted by Gasteiger charge is -2.15. The van der Waals surface area contributed by atoms with Crippen LogP contribution in [0.1, 0.15) is 46.9 Å². The summed E-state index contributed by atoms with van der Waals surface area (Å²) >= 11 is 0. The van der Waals surface area contributed by atoms with Gasteiger partial charge in [0.2, 0.25) is 0 Å². The maximum Gasteiger partial charge on any atom is 0.00275 e. The molecule has 2 aliphatic carbocycles. The van der Waals surface area contributed by atoms with Crippen molar-refractivity contribution >= 4 is 12.2 Å². The van der Waals surface area contributed by atoms with E-state index in [1.807, 2.05) is 0 Å². The summed E-state index contributed by atoms with van der Waals surface area (Å²) in [5.41, 5.74) is 32.8. The van der Waals surface area contributed by atoms with E-state index in [-0.39, 0.29) is 0 Å². The number of allylic oxidation sites excluding steroid dienone is 2. The molecule has 12 N–H and O–H groups in total. The fourth-order valence-corrected chi connectivity index (χ4v) is 3.51. The average molecular weight is 445 g/mol. The molecule has 0 fully saturated rings. The third-order valence-corrected chi connectivity index (χ3v) is 4.60. The molecule has 0 heterocycles. The van der Waals surface area contributed by atoms with Gasteiger partial charge in [-0.1, -0.05) is 72.8 Å². The quantitative estimate of drug-likeness (QED) is 0.427. The minimum absolute atomic E-state index is 0.604. The molecule has 4 rings (SSSR count). The molecule has 0 bridgehead atoms. The zero-order chi connectivity index (χ0) is 25.4. The Bertz CT molecular complexity index is 651. The second-order valence-electron chi connectivity index (χ2n) is 5.77. The van der Waals surface area contributed by atoms with E-state index in [9.17, 15) is 0 Å². The van der Waals surface area contributed by atoms with Crippen molar-refractivity contribution in [1.29, 1.82) is 0 Å². The van der Waals surface area contributed by atoms with Gasteiger partial charge in [-0.25, -0.2) is 0 Å². The summed E-state index contributed by atoms with van der Waals surface area (Å²) in [4.78, 5) is 0. The Labute approximate surface area is 196 Å². The van der Waals surface area contributed by atoms with E-state index in [1.54, 1.807) is 0 Å². The molecule has 2 atom stereocenters. The Hall–Kier alpha value is -2.32. The van der Waals surface area contributed by atoms with Crippen LogP contribution in [0.5, 0.6) is 0 Å². The molecule has 6 nitrogen and oxygen atoms in total. The van der Waals surface area contributed by atoms with Crippen LogP contribution in [-0.2, 0) is 0 Å². The highest BCUT2D eigenvalue weighted by Gasteiger charge is 2.21. The summed E-state index contributed by atoms with van der Waals surface area (Å²) in [5.74, 6) is 1.21. The summed E-state index contributed by atoms with van der Waals surface area (Å²) in [6.45, 7) is 0. The molecule has 0 aromatic heterocycles. The topological polar surface area (TPSA) is 156 Å². The molecular formula is C26H48N6. The molecule has 0 amide bonds. The monoisotopic (exact) mass is 444 g/mol. The Morgan fingerprint density at radius 1 is 0.469 bits per heavy atom. The van der Waals surface area contributed by atoms with Crippen molar-refractivity contribution in [3.8, 4) is 0 Å². The first kappa shape index (κ1) is 34.3. The molecule has 2 aliphatic rings. The van der Waals surface area contributed by atoms with E-state index in [0.29, 0.717) is 11.8 Å². The van der Waals surface area contributed by atoms with Crippen molar-refractivity contribution in [1.82, 2.24) is 0 Å². The predicted molar refractivity (Wildman–Crippen MR) is 146 cm³/mol. The normalized spacial score (nSPS) is 14.9. The maximum absolute atomic E-state index is 4.50. The number of hydrogen-bond donors (Lipinski definition) is 6. The van der Waals surface area contributed by atoms with E-state index in [1.165, 1.54) is 77.4 Å². The van der Waals surface area contributed by atoms with Crippen molar-refractivity contribution < 1.29 is 0 Å². The van der Waals surface area contributed by atoms with E-state index >= 15 is 0 Å². The van der Waals surface area contributed by atoms with Crippen molar-refractivity contribution in [3.63, 3.8) is 0 Å². The summed E-state index contributed by atoms with van der Waals surface area (Å²) in [5, 5.41) is 0. The molecule has 2 aromatic carbocycles. The number of hydrogen-bond acceptors (Lipinski definition) is 6. The predicted octanol–water partition coefficient (Wildman–Crippen LogP) is 2.84. The summed E-state index contributed by atoms with van der Waals surface area (Å²) < 4.78 is 0. The Morgan fingerprint density at radius 3 is 1.06 bits per heavy atom. The van der Waals surface area contributed by atoms with E-state index in [4.69, 9.17) is 0 Å². The second-order valence-corrected chi connectivity index (χ2v) is 5.77. The van der Waals surface area contributed by atoms with Gasteiger partial charge in [0.1, 0.15) is 0 Å². The van der Waals surface area contributed by atoms with Crippen molar-refractivity contribution in [2.75, 3.05) is 42.3 Å². The lowest BCUT2D eigenvalue weighted by Crippen LogP contribution is -1.98. The van der Waals surface area contributed by atoms with Crippen LogP contribution in [0.2, 0.25) is 0 Å². The first-order valence-corrected chi connectivity index (χ1v) is 10.9. The first-order valence-electron chi connectivity index (χ1n) is 10.9. The van der Waals surface area contributed by atoms with Gasteiger partial charge in [0.05, 0.1) is 0 Å². The lowest BCUT2D eigenvalue weighted by molar-refractivity contribution is 0.642. The van der Waals surface area contributed by atoms with Crippen LogP contribution in [0, 0.1) is 0 Å². The van der Waals surface area contributed by atoms with Crippen LogP contribution in [0.15, 0.2) is 60.7 Å². The Balaban J connectivity index is -0.000000614. The van der Waals surface area contributed by atoms with Crippen molar-refractivity contribution in [3.05, 3.63) is 82.9 Å².